The Morgan fingerprint density at radius 3 is 2.25 bits per heavy atom. The molecule has 0 amide bonds. The molecule has 1 aromatic heterocycles. The van der Waals surface area contributed by atoms with E-state index in [2.05, 4.69) is 9.72 Å². The molecule has 0 N–H and O–H groups in total. The van der Waals surface area contributed by atoms with Crippen molar-refractivity contribution in [1.82, 2.24) is 4.98 Å². The van der Waals surface area contributed by atoms with Crippen molar-refractivity contribution in [3.8, 4) is 11.8 Å². The van der Waals surface area contributed by atoms with Crippen molar-refractivity contribution in [3.05, 3.63) is 23.0 Å². The van der Waals surface area contributed by atoms with Gasteiger partial charge in [-0.3, -0.25) is 0 Å². The lowest BCUT2D eigenvalue weighted by atomic mass is 10.1. The molecule has 0 fully saturated rings. The molecule has 0 radical (unpaired) electrons. The Bertz CT molecular complexity index is 534. The molecule has 1 heterocycles. The van der Waals surface area contributed by atoms with Gasteiger partial charge in [0.15, 0.2) is 5.69 Å². The number of hydrogen-bond acceptors (Lipinski definition) is 3. The van der Waals surface area contributed by atoms with Crippen LogP contribution in [0.3, 0.4) is 0 Å². The van der Waals surface area contributed by atoms with E-state index < -0.39 is 47.5 Å². The van der Waals surface area contributed by atoms with E-state index in [0.29, 0.717) is 6.07 Å². The molecule has 1 rings (SSSR count). The van der Waals surface area contributed by atoms with Gasteiger partial charge in [0.1, 0.15) is 5.75 Å². The zero-order chi connectivity index (χ0) is 15.6. The van der Waals surface area contributed by atoms with E-state index in [9.17, 15) is 26.3 Å². The van der Waals surface area contributed by atoms with Crippen LogP contribution in [0.15, 0.2) is 6.07 Å². The van der Waals surface area contributed by atoms with Gasteiger partial charge < -0.3 is 4.74 Å². The van der Waals surface area contributed by atoms with E-state index in [1.165, 1.54) is 6.07 Å². The number of halogens is 7. The highest BCUT2D eigenvalue weighted by Crippen LogP contribution is 2.38. The van der Waals surface area contributed by atoms with Gasteiger partial charge in [-0.2, -0.15) is 18.4 Å². The number of alkyl halides is 7. The van der Waals surface area contributed by atoms with Gasteiger partial charge in [0.25, 0.3) is 0 Å². The van der Waals surface area contributed by atoms with E-state index in [1.807, 2.05) is 0 Å². The molecule has 0 bridgehead atoms. The molecule has 0 saturated carbocycles. The number of aromatic nitrogens is 1. The lowest BCUT2D eigenvalue weighted by Gasteiger charge is -2.17. The molecule has 0 atom stereocenters. The van der Waals surface area contributed by atoms with Gasteiger partial charge in [-0.15, -0.1) is 24.8 Å². The minimum atomic E-state index is -5.19. The molecule has 20 heavy (non-hydrogen) atoms. The third-order valence-electron chi connectivity index (χ3n) is 2.02. The Balaban J connectivity index is 3.47. The third kappa shape index (κ3) is 4.16. The first kappa shape index (κ1) is 16.4. The summed E-state index contributed by atoms with van der Waals surface area (Å²) in [6.45, 7) is 0. The van der Waals surface area contributed by atoms with E-state index in [1.54, 1.807) is 0 Å². The number of hydrogen-bond donors (Lipinski definition) is 0. The van der Waals surface area contributed by atoms with Crippen LogP contribution in [-0.4, -0.2) is 11.3 Å². The van der Waals surface area contributed by atoms with Crippen LogP contribution >= 0.6 is 11.6 Å². The van der Waals surface area contributed by atoms with Crippen LogP contribution in [-0.2, 0) is 18.5 Å². The fraction of sp³-hybridized carbons (Fsp3) is 0.400. The van der Waals surface area contributed by atoms with Crippen LogP contribution in [0.25, 0.3) is 0 Å². The molecular formula is C10H5ClF6N2O. The summed E-state index contributed by atoms with van der Waals surface area (Å²) >= 11 is 5.25. The smallest absolute Gasteiger partial charge is 0.405 e. The number of rotatable bonds is 3. The Kier molecular flexibility index (Phi) is 4.70. The zero-order valence-electron chi connectivity index (χ0n) is 9.44. The average molecular weight is 319 g/mol. The fourth-order valence-corrected chi connectivity index (χ4v) is 1.61. The maximum absolute atomic E-state index is 12.7. The predicted molar refractivity (Wildman–Crippen MR) is 54.8 cm³/mol. The summed E-state index contributed by atoms with van der Waals surface area (Å²) in [5.74, 6) is -1.99. The number of ether oxygens (including phenoxy) is 1. The van der Waals surface area contributed by atoms with Gasteiger partial charge in [0, 0.05) is 11.6 Å². The molecule has 0 unspecified atom stereocenters. The van der Waals surface area contributed by atoms with Crippen molar-refractivity contribution in [1.29, 1.82) is 5.26 Å². The van der Waals surface area contributed by atoms with E-state index in [-0.39, 0.29) is 0 Å². The zero-order valence-corrected chi connectivity index (χ0v) is 10.2. The third-order valence-corrected chi connectivity index (χ3v) is 2.29. The molecule has 0 aromatic carbocycles. The highest BCUT2D eigenvalue weighted by molar-refractivity contribution is 6.17. The summed E-state index contributed by atoms with van der Waals surface area (Å²) in [4.78, 5) is 3.12. The maximum atomic E-state index is 12.7. The monoisotopic (exact) mass is 318 g/mol. The quantitative estimate of drug-likeness (QED) is 0.629. The summed E-state index contributed by atoms with van der Waals surface area (Å²) in [6.07, 6.45) is -10.8. The van der Waals surface area contributed by atoms with Crippen LogP contribution in [0.1, 0.15) is 17.0 Å². The van der Waals surface area contributed by atoms with Crippen molar-refractivity contribution in [3.63, 3.8) is 0 Å². The van der Waals surface area contributed by atoms with Gasteiger partial charge in [0.05, 0.1) is 24.1 Å². The summed E-state index contributed by atoms with van der Waals surface area (Å²) in [5, 5.41) is 8.40. The highest BCUT2D eigenvalue weighted by atomic mass is 35.5. The average Bonchev–Trinajstić information content (AvgIpc) is 2.25. The minimum absolute atomic E-state index is 0.493. The molecule has 0 aliphatic rings. The van der Waals surface area contributed by atoms with Crippen LogP contribution < -0.4 is 4.74 Å². The SMILES string of the molecule is N#CCc1cc(OC(F)(F)F)c(CCl)c(C(F)(F)F)n1. The summed E-state index contributed by atoms with van der Waals surface area (Å²) in [7, 11) is 0. The molecule has 3 nitrogen and oxygen atoms in total. The first-order valence-electron chi connectivity index (χ1n) is 4.87. The molecule has 0 spiro atoms. The Morgan fingerprint density at radius 2 is 1.85 bits per heavy atom. The standard InChI is InChI=1S/C10H5ClF6N2O/c11-4-6-7(20-10(15,16)17)3-5(1-2-18)19-8(6)9(12,13)14/h3H,1,4H2. The second-order valence-corrected chi connectivity index (χ2v) is 3.72. The largest absolute Gasteiger partial charge is 0.573 e. The lowest BCUT2D eigenvalue weighted by molar-refractivity contribution is -0.275. The van der Waals surface area contributed by atoms with Crippen molar-refractivity contribution in [2.75, 3.05) is 0 Å². The van der Waals surface area contributed by atoms with E-state index in [4.69, 9.17) is 16.9 Å². The molecular weight excluding hydrogens is 314 g/mol. The Labute approximate surface area is 113 Å². The lowest BCUT2D eigenvalue weighted by Crippen LogP contribution is -2.21. The maximum Gasteiger partial charge on any atom is 0.573 e. The van der Waals surface area contributed by atoms with E-state index >= 15 is 0 Å². The topological polar surface area (TPSA) is 45.9 Å². The first-order chi connectivity index (χ1) is 9.08. The Hall–Kier alpha value is -1.69. The molecule has 0 aliphatic carbocycles. The van der Waals surface area contributed by atoms with Crippen molar-refractivity contribution in [2.24, 2.45) is 0 Å². The van der Waals surface area contributed by atoms with Gasteiger partial charge in [-0.1, -0.05) is 0 Å². The number of pyridine rings is 1. The molecule has 110 valence electrons. The van der Waals surface area contributed by atoms with Crippen LogP contribution in [0, 0.1) is 11.3 Å². The molecule has 10 heteroatoms. The van der Waals surface area contributed by atoms with Crippen molar-refractivity contribution in [2.45, 2.75) is 24.8 Å². The second-order valence-electron chi connectivity index (χ2n) is 3.45. The van der Waals surface area contributed by atoms with Gasteiger partial charge in [-0.25, -0.2) is 4.98 Å². The van der Waals surface area contributed by atoms with Crippen LogP contribution in [0.4, 0.5) is 26.3 Å². The summed E-state index contributed by atoms with van der Waals surface area (Å²) in [5.41, 5.74) is -3.02. The van der Waals surface area contributed by atoms with Crippen molar-refractivity contribution >= 4 is 11.6 Å². The minimum Gasteiger partial charge on any atom is -0.405 e. The Morgan fingerprint density at radius 1 is 1.25 bits per heavy atom. The van der Waals surface area contributed by atoms with E-state index in [0.717, 1.165) is 0 Å². The number of nitriles is 1. The van der Waals surface area contributed by atoms with Gasteiger partial charge in [0.2, 0.25) is 0 Å². The van der Waals surface area contributed by atoms with Gasteiger partial charge >= 0.3 is 12.5 Å². The molecule has 1 aromatic rings. The second kappa shape index (κ2) is 5.75. The predicted octanol–water partition coefficient (Wildman–Crippen LogP) is 3.80. The highest BCUT2D eigenvalue weighted by Gasteiger charge is 2.39. The summed E-state index contributed by atoms with van der Waals surface area (Å²) < 4.78 is 78.2. The molecule has 0 aliphatic heterocycles. The summed E-state index contributed by atoms with van der Waals surface area (Å²) in [6, 6.07) is 2.11. The first-order valence-corrected chi connectivity index (χ1v) is 5.40. The van der Waals surface area contributed by atoms with Crippen LogP contribution in [0.5, 0.6) is 5.75 Å². The molecule has 0 saturated heterocycles. The fourth-order valence-electron chi connectivity index (χ4n) is 1.35. The van der Waals surface area contributed by atoms with Gasteiger partial charge in [-0.05, 0) is 0 Å². The van der Waals surface area contributed by atoms with Crippen LogP contribution in [0.2, 0.25) is 0 Å². The number of nitrogens with zero attached hydrogens (tertiary/aromatic N) is 2. The normalized spacial score (nSPS) is 12.1. The van der Waals surface area contributed by atoms with Crippen molar-refractivity contribution < 1.29 is 31.1 Å².